The van der Waals surface area contributed by atoms with Crippen LogP contribution in [-0.2, 0) is 14.3 Å². The first-order chi connectivity index (χ1) is 10.1. The summed E-state index contributed by atoms with van der Waals surface area (Å²) in [6.07, 6.45) is 0.0260. The Morgan fingerprint density at radius 1 is 1.29 bits per heavy atom. The fourth-order valence-corrected chi connectivity index (χ4v) is 2.86. The number of carbonyl (C=O) groups excluding carboxylic acids is 1. The van der Waals surface area contributed by atoms with E-state index in [-0.39, 0.29) is 18.9 Å². The summed E-state index contributed by atoms with van der Waals surface area (Å²) in [4.78, 5) is 17.6. The first kappa shape index (κ1) is 15.7. The highest BCUT2D eigenvalue weighted by Crippen LogP contribution is 2.31. The van der Waals surface area contributed by atoms with Crippen LogP contribution in [0.15, 0.2) is 35.8 Å². The van der Waals surface area contributed by atoms with Crippen molar-refractivity contribution in [3.63, 3.8) is 0 Å². The van der Waals surface area contributed by atoms with Gasteiger partial charge in [0.25, 0.3) is 0 Å². The van der Waals surface area contributed by atoms with E-state index in [0.29, 0.717) is 0 Å². The summed E-state index contributed by atoms with van der Waals surface area (Å²) in [5, 5.41) is 0. The lowest BCUT2D eigenvalue weighted by Gasteiger charge is -2.16. The monoisotopic (exact) mass is 305 g/mol. The van der Waals surface area contributed by atoms with E-state index in [9.17, 15) is 4.79 Å². The molecule has 0 saturated carbocycles. The molecule has 0 saturated heterocycles. The molecule has 0 radical (unpaired) electrons. The smallest absolute Gasteiger partial charge is 0.320 e. The third kappa shape index (κ3) is 4.12. The zero-order valence-electron chi connectivity index (χ0n) is 12.4. The molecule has 1 aromatic carbocycles. The van der Waals surface area contributed by atoms with Gasteiger partial charge >= 0.3 is 5.97 Å². The molecule has 0 N–H and O–H groups in total. The number of hydrogen-bond donors (Lipinski definition) is 0. The molecular weight excluding hydrogens is 286 g/mol. The van der Waals surface area contributed by atoms with Crippen LogP contribution in [0.3, 0.4) is 0 Å². The fourth-order valence-electron chi connectivity index (χ4n) is 1.94. The zero-order chi connectivity index (χ0) is 15.2. The van der Waals surface area contributed by atoms with Gasteiger partial charge in [-0.2, -0.15) is 0 Å². The third-order valence-electron chi connectivity index (χ3n) is 3.02. The first-order valence-corrected chi connectivity index (χ1v) is 7.70. The number of benzene rings is 1. The van der Waals surface area contributed by atoms with Crippen molar-refractivity contribution >= 4 is 17.3 Å². The Hall–Kier alpha value is -1.72. The molecule has 0 amide bonds. The highest BCUT2D eigenvalue weighted by Gasteiger charge is 2.27. The van der Waals surface area contributed by atoms with Crippen LogP contribution in [0.2, 0.25) is 0 Å². The van der Waals surface area contributed by atoms with Crippen LogP contribution in [0.4, 0.5) is 0 Å². The van der Waals surface area contributed by atoms with Crippen LogP contribution in [-0.4, -0.2) is 23.9 Å². The van der Waals surface area contributed by atoms with Gasteiger partial charge < -0.3 is 9.47 Å². The van der Waals surface area contributed by atoms with Crippen molar-refractivity contribution in [2.24, 2.45) is 0 Å². The van der Waals surface area contributed by atoms with E-state index in [1.165, 1.54) is 11.3 Å². The van der Waals surface area contributed by atoms with Crippen molar-refractivity contribution in [1.82, 2.24) is 4.98 Å². The van der Waals surface area contributed by atoms with Crippen LogP contribution in [0.1, 0.15) is 35.9 Å². The predicted octanol–water partition coefficient (Wildman–Crippen LogP) is 3.51. The highest BCUT2D eigenvalue weighted by molar-refractivity contribution is 7.10. The molecule has 5 heteroatoms. The zero-order valence-corrected chi connectivity index (χ0v) is 13.2. The van der Waals surface area contributed by atoms with Crippen LogP contribution >= 0.6 is 11.3 Å². The lowest BCUT2D eigenvalue weighted by molar-refractivity contribution is -0.160. The lowest BCUT2D eigenvalue weighted by atomic mass is 9.97. The summed E-state index contributed by atoms with van der Waals surface area (Å²) >= 11 is 1.47. The maximum Gasteiger partial charge on any atom is 0.320 e. The Kier molecular flexibility index (Phi) is 5.47. The summed E-state index contributed by atoms with van der Waals surface area (Å²) in [6.45, 7) is 5.67. The van der Waals surface area contributed by atoms with E-state index in [4.69, 9.17) is 9.47 Å². The summed E-state index contributed by atoms with van der Waals surface area (Å²) in [5.74, 6) is -0.760. The van der Waals surface area contributed by atoms with Crippen LogP contribution in [0.5, 0.6) is 0 Å². The fraction of sp³-hybridized carbons (Fsp3) is 0.375. The number of ether oxygens (including phenoxy) is 2. The number of rotatable bonds is 6. The number of carbonyl (C=O) groups is 1. The quantitative estimate of drug-likeness (QED) is 0.605. The normalized spacial score (nSPS) is 12.4. The van der Waals surface area contributed by atoms with Gasteiger partial charge in [-0.1, -0.05) is 30.3 Å². The number of aromatic nitrogens is 1. The second-order valence-corrected chi connectivity index (χ2v) is 5.83. The molecule has 2 rings (SSSR count). The molecule has 0 spiro atoms. The molecule has 0 bridgehead atoms. The minimum Gasteiger partial charge on any atom is -0.438 e. The van der Waals surface area contributed by atoms with Crippen molar-refractivity contribution in [3.05, 3.63) is 52.0 Å². The van der Waals surface area contributed by atoms with Gasteiger partial charge in [-0.05, 0) is 26.3 Å². The largest absolute Gasteiger partial charge is 0.438 e. The number of nitrogens with zero attached hydrogens (tertiary/aromatic N) is 1. The minimum atomic E-state index is -0.450. The van der Waals surface area contributed by atoms with Crippen molar-refractivity contribution in [3.8, 4) is 0 Å². The van der Waals surface area contributed by atoms with Gasteiger partial charge in [0.1, 0.15) is 5.92 Å². The number of hydrogen-bond acceptors (Lipinski definition) is 5. The molecule has 1 unspecified atom stereocenters. The molecule has 1 atom stereocenters. The van der Waals surface area contributed by atoms with E-state index in [2.05, 4.69) is 4.98 Å². The Labute approximate surface area is 128 Å². The molecule has 1 heterocycles. The topological polar surface area (TPSA) is 48.4 Å². The highest BCUT2D eigenvalue weighted by atomic mass is 32.1. The minimum absolute atomic E-state index is 0.0260. The van der Waals surface area contributed by atoms with Gasteiger partial charge in [0.15, 0.2) is 6.79 Å². The SMILES string of the molecule is Cc1ncsc1C(C(=O)OCOC(C)C)c1ccccc1. The van der Waals surface area contributed by atoms with Crippen molar-refractivity contribution in [2.45, 2.75) is 32.8 Å². The maximum absolute atomic E-state index is 12.5. The molecule has 1 aromatic heterocycles. The number of thiazole rings is 1. The summed E-state index contributed by atoms with van der Waals surface area (Å²) in [5.41, 5.74) is 3.51. The summed E-state index contributed by atoms with van der Waals surface area (Å²) < 4.78 is 10.6. The van der Waals surface area contributed by atoms with E-state index in [1.54, 1.807) is 5.51 Å². The number of aryl methyl sites for hydroxylation is 1. The van der Waals surface area contributed by atoms with Crippen LogP contribution in [0.25, 0.3) is 0 Å². The van der Waals surface area contributed by atoms with E-state index < -0.39 is 5.92 Å². The van der Waals surface area contributed by atoms with Gasteiger partial charge in [-0.3, -0.25) is 4.79 Å². The van der Waals surface area contributed by atoms with Crippen LogP contribution in [0, 0.1) is 6.92 Å². The molecule has 0 aliphatic carbocycles. The Bertz CT molecular complexity index is 580. The second-order valence-electron chi connectivity index (χ2n) is 4.94. The standard InChI is InChI=1S/C16H19NO3S/c1-11(2)19-10-20-16(18)14(13-7-5-4-6-8-13)15-12(3)17-9-21-15/h4-9,11,14H,10H2,1-3H3. The Balaban J connectivity index is 2.21. The van der Waals surface area contributed by atoms with E-state index in [0.717, 1.165) is 16.1 Å². The summed E-state index contributed by atoms with van der Waals surface area (Å²) in [6, 6.07) is 9.60. The molecule has 21 heavy (non-hydrogen) atoms. The molecule has 0 aliphatic rings. The van der Waals surface area contributed by atoms with Gasteiger partial charge in [-0.25, -0.2) is 4.98 Å². The van der Waals surface area contributed by atoms with Gasteiger partial charge in [0.05, 0.1) is 17.3 Å². The third-order valence-corrected chi connectivity index (χ3v) is 4.01. The van der Waals surface area contributed by atoms with E-state index in [1.807, 2.05) is 51.1 Å². The second kappa shape index (κ2) is 7.33. The number of esters is 1. The average Bonchev–Trinajstić information content (AvgIpc) is 2.86. The predicted molar refractivity (Wildman–Crippen MR) is 82.3 cm³/mol. The summed E-state index contributed by atoms with van der Waals surface area (Å²) in [7, 11) is 0. The van der Waals surface area contributed by atoms with Gasteiger partial charge in [0.2, 0.25) is 0 Å². The molecule has 0 fully saturated rings. The Morgan fingerprint density at radius 2 is 2.00 bits per heavy atom. The van der Waals surface area contributed by atoms with Crippen LogP contribution < -0.4 is 0 Å². The maximum atomic E-state index is 12.5. The molecular formula is C16H19NO3S. The first-order valence-electron chi connectivity index (χ1n) is 6.82. The average molecular weight is 305 g/mol. The Morgan fingerprint density at radius 3 is 2.57 bits per heavy atom. The molecule has 2 aromatic rings. The lowest BCUT2D eigenvalue weighted by Crippen LogP contribution is -2.20. The van der Waals surface area contributed by atoms with E-state index >= 15 is 0 Å². The molecule has 112 valence electrons. The van der Waals surface area contributed by atoms with Crippen molar-refractivity contribution in [1.29, 1.82) is 0 Å². The molecule has 0 aliphatic heterocycles. The van der Waals surface area contributed by atoms with Crippen molar-refractivity contribution in [2.75, 3.05) is 6.79 Å². The van der Waals surface area contributed by atoms with Crippen molar-refractivity contribution < 1.29 is 14.3 Å². The molecule has 4 nitrogen and oxygen atoms in total. The van der Waals surface area contributed by atoms with Gasteiger partial charge in [0, 0.05) is 4.88 Å². The van der Waals surface area contributed by atoms with Gasteiger partial charge in [-0.15, -0.1) is 11.3 Å².